The Bertz CT molecular complexity index is 649. The van der Waals surface area contributed by atoms with Crippen LogP contribution in [0.2, 0.25) is 15.2 Å². The van der Waals surface area contributed by atoms with E-state index in [1.807, 2.05) is 0 Å². The van der Waals surface area contributed by atoms with E-state index in [2.05, 4.69) is 10.3 Å². The fourth-order valence-corrected chi connectivity index (χ4v) is 1.99. The molecule has 0 amide bonds. The number of nitrogens with one attached hydrogen (secondary N) is 1. The first kappa shape index (κ1) is 13.9. The highest BCUT2D eigenvalue weighted by atomic mass is 35.5. The van der Waals surface area contributed by atoms with Crippen LogP contribution in [0.15, 0.2) is 30.3 Å². The van der Waals surface area contributed by atoms with Gasteiger partial charge in [-0.1, -0.05) is 34.8 Å². The molecule has 19 heavy (non-hydrogen) atoms. The lowest BCUT2D eigenvalue weighted by molar-refractivity contribution is -0.384. The first-order chi connectivity index (χ1) is 8.97. The SMILES string of the molecule is O=[N+]([O-])c1ccc(Cl)nc1Nc1ccc(Cl)cc1Cl. The molecule has 1 N–H and O–H groups in total. The van der Waals surface area contributed by atoms with Crippen LogP contribution < -0.4 is 5.32 Å². The third kappa shape index (κ3) is 3.26. The van der Waals surface area contributed by atoms with Gasteiger partial charge >= 0.3 is 5.69 Å². The summed E-state index contributed by atoms with van der Waals surface area (Å²) in [6.07, 6.45) is 0. The summed E-state index contributed by atoms with van der Waals surface area (Å²) in [5.74, 6) is 0.0155. The minimum absolute atomic E-state index is 0.0155. The normalized spacial score (nSPS) is 10.3. The quantitative estimate of drug-likeness (QED) is 0.506. The van der Waals surface area contributed by atoms with Crippen LogP contribution >= 0.6 is 34.8 Å². The summed E-state index contributed by atoms with van der Waals surface area (Å²) in [5.41, 5.74) is 0.249. The summed E-state index contributed by atoms with van der Waals surface area (Å²) in [5, 5.41) is 14.6. The van der Waals surface area contributed by atoms with Crippen LogP contribution in [0, 0.1) is 10.1 Å². The van der Waals surface area contributed by atoms with Gasteiger partial charge in [-0.2, -0.15) is 0 Å². The molecule has 1 aromatic heterocycles. The van der Waals surface area contributed by atoms with Crippen molar-refractivity contribution < 1.29 is 4.92 Å². The Morgan fingerprint density at radius 1 is 1.16 bits per heavy atom. The number of aromatic nitrogens is 1. The van der Waals surface area contributed by atoms with Crippen molar-refractivity contribution in [2.45, 2.75) is 0 Å². The maximum atomic E-state index is 10.9. The number of nitrogens with zero attached hydrogens (tertiary/aromatic N) is 2. The van der Waals surface area contributed by atoms with E-state index in [9.17, 15) is 10.1 Å². The standard InChI is InChI=1S/C11H6Cl3N3O2/c12-6-1-2-8(7(13)5-6)15-11-9(17(18)19)3-4-10(14)16-11/h1-5H,(H,15,16). The zero-order valence-corrected chi connectivity index (χ0v) is 11.5. The minimum atomic E-state index is -0.560. The number of nitro groups is 1. The summed E-state index contributed by atoms with van der Waals surface area (Å²) in [6.45, 7) is 0. The van der Waals surface area contributed by atoms with Crippen molar-refractivity contribution >= 4 is 52.0 Å². The van der Waals surface area contributed by atoms with Gasteiger partial charge in [0.2, 0.25) is 5.82 Å². The van der Waals surface area contributed by atoms with E-state index in [1.54, 1.807) is 12.1 Å². The van der Waals surface area contributed by atoms with Gasteiger partial charge < -0.3 is 5.32 Å². The lowest BCUT2D eigenvalue weighted by atomic mass is 10.3. The number of pyridine rings is 1. The number of rotatable bonds is 3. The van der Waals surface area contributed by atoms with Gasteiger partial charge in [0.1, 0.15) is 5.15 Å². The highest BCUT2D eigenvalue weighted by Gasteiger charge is 2.16. The van der Waals surface area contributed by atoms with E-state index in [0.29, 0.717) is 15.7 Å². The van der Waals surface area contributed by atoms with Crippen LogP contribution in [0.5, 0.6) is 0 Å². The van der Waals surface area contributed by atoms with E-state index in [0.717, 1.165) is 0 Å². The van der Waals surface area contributed by atoms with Crippen molar-refractivity contribution in [1.29, 1.82) is 0 Å². The average Bonchev–Trinajstić information content (AvgIpc) is 2.32. The number of hydrogen-bond acceptors (Lipinski definition) is 4. The molecule has 1 aromatic carbocycles. The van der Waals surface area contributed by atoms with E-state index < -0.39 is 4.92 Å². The smallest absolute Gasteiger partial charge is 0.311 e. The molecular formula is C11H6Cl3N3O2. The summed E-state index contributed by atoms with van der Waals surface area (Å²) >= 11 is 17.5. The Morgan fingerprint density at radius 3 is 2.53 bits per heavy atom. The molecule has 0 bridgehead atoms. The molecule has 0 aliphatic rings. The number of benzene rings is 1. The Kier molecular flexibility index (Phi) is 4.09. The molecule has 8 heteroatoms. The van der Waals surface area contributed by atoms with Crippen LogP contribution in [0.4, 0.5) is 17.2 Å². The molecule has 0 aliphatic heterocycles. The Labute approximate surface area is 123 Å². The maximum absolute atomic E-state index is 10.9. The molecule has 0 spiro atoms. The van der Waals surface area contributed by atoms with Gasteiger partial charge in [0.15, 0.2) is 0 Å². The Balaban J connectivity index is 2.42. The largest absolute Gasteiger partial charge is 0.333 e. The molecule has 2 rings (SSSR count). The molecule has 0 radical (unpaired) electrons. The highest BCUT2D eigenvalue weighted by molar-refractivity contribution is 6.36. The first-order valence-electron chi connectivity index (χ1n) is 5.00. The van der Waals surface area contributed by atoms with Gasteiger partial charge in [0, 0.05) is 11.1 Å². The Hall–Kier alpha value is -1.56. The van der Waals surface area contributed by atoms with Gasteiger partial charge in [-0.25, -0.2) is 4.98 Å². The fourth-order valence-electron chi connectivity index (χ4n) is 1.39. The average molecular weight is 319 g/mol. The van der Waals surface area contributed by atoms with Crippen LogP contribution in [-0.4, -0.2) is 9.91 Å². The number of hydrogen-bond donors (Lipinski definition) is 1. The molecule has 0 unspecified atom stereocenters. The van der Waals surface area contributed by atoms with Crippen LogP contribution in [0.1, 0.15) is 0 Å². The number of halogens is 3. The lowest BCUT2D eigenvalue weighted by Crippen LogP contribution is -2.00. The molecule has 0 atom stereocenters. The molecule has 2 aromatic rings. The minimum Gasteiger partial charge on any atom is -0.333 e. The van der Waals surface area contributed by atoms with Gasteiger partial charge in [0.05, 0.1) is 15.6 Å². The van der Waals surface area contributed by atoms with Crippen LogP contribution in [0.25, 0.3) is 0 Å². The third-order valence-electron chi connectivity index (χ3n) is 2.22. The number of anilines is 2. The van der Waals surface area contributed by atoms with Crippen LogP contribution in [0.3, 0.4) is 0 Å². The molecule has 0 aliphatic carbocycles. The monoisotopic (exact) mass is 317 g/mol. The van der Waals surface area contributed by atoms with Crippen molar-refractivity contribution in [2.24, 2.45) is 0 Å². The zero-order valence-electron chi connectivity index (χ0n) is 9.23. The molecule has 1 heterocycles. The van der Waals surface area contributed by atoms with Gasteiger partial charge in [-0.15, -0.1) is 0 Å². The molecule has 0 saturated heterocycles. The van der Waals surface area contributed by atoms with Gasteiger partial charge in [-0.05, 0) is 24.3 Å². The highest BCUT2D eigenvalue weighted by Crippen LogP contribution is 2.31. The van der Waals surface area contributed by atoms with Crippen molar-refractivity contribution in [3.8, 4) is 0 Å². The summed E-state index contributed by atoms with van der Waals surface area (Å²) in [7, 11) is 0. The van der Waals surface area contributed by atoms with Gasteiger partial charge in [-0.3, -0.25) is 10.1 Å². The zero-order chi connectivity index (χ0) is 14.0. The molecule has 98 valence electrons. The molecule has 0 saturated carbocycles. The third-order valence-corrected chi connectivity index (χ3v) is 2.98. The van der Waals surface area contributed by atoms with Crippen molar-refractivity contribution in [3.05, 3.63) is 55.6 Å². The fraction of sp³-hybridized carbons (Fsp3) is 0. The predicted molar refractivity (Wildman–Crippen MR) is 75.6 cm³/mol. The van der Waals surface area contributed by atoms with Gasteiger partial charge in [0.25, 0.3) is 0 Å². The molecule has 5 nitrogen and oxygen atoms in total. The van der Waals surface area contributed by atoms with E-state index in [-0.39, 0.29) is 16.7 Å². The van der Waals surface area contributed by atoms with Crippen LogP contribution in [-0.2, 0) is 0 Å². The molecular weight excluding hydrogens is 312 g/mol. The van der Waals surface area contributed by atoms with Crippen molar-refractivity contribution in [2.75, 3.05) is 5.32 Å². The van der Waals surface area contributed by atoms with E-state index >= 15 is 0 Å². The maximum Gasteiger partial charge on any atom is 0.311 e. The lowest BCUT2D eigenvalue weighted by Gasteiger charge is -2.08. The topological polar surface area (TPSA) is 68.1 Å². The van der Waals surface area contributed by atoms with E-state index in [1.165, 1.54) is 18.2 Å². The first-order valence-corrected chi connectivity index (χ1v) is 6.14. The molecule has 0 fully saturated rings. The summed E-state index contributed by atoms with van der Waals surface area (Å²) in [4.78, 5) is 14.2. The second kappa shape index (κ2) is 5.61. The van der Waals surface area contributed by atoms with Crippen molar-refractivity contribution in [1.82, 2.24) is 4.98 Å². The Morgan fingerprint density at radius 2 is 1.89 bits per heavy atom. The summed E-state index contributed by atoms with van der Waals surface area (Å²) in [6, 6.07) is 7.32. The second-order valence-electron chi connectivity index (χ2n) is 3.51. The predicted octanol–water partition coefficient (Wildman–Crippen LogP) is 4.69. The summed E-state index contributed by atoms with van der Waals surface area (Å²) < 4.78 is 0. The van der Waals surface area contributed by atoms with Crippen molar-refractivity contribution in [3.63, 3.8) is 0 Å². The second-order valence-corrected chi connectivity index (χ2v) is 4.74. The van der Waals surface area contributed by atoms with E-state index in [4.69, 9.17) is 34.8 Å².